The summed E-state index contributed by atoms with van der Waals surface area (Å²) in [5.41, 5.74) is -0.876. The van der Waals surface area contributed by atoms with Crippen molar-refractivity contribution in [1.82, 2.24) is 5.32 Å². The van der Waals surface area contributed by atoms with Gasteiger partial charge in [-0.2, -0.15) is 13.2 Å². The van der Waals surface area contributed by atoms with Gasteiger partial charge in [-0.3, -0.25) is 4.79 Å². The molecular weight excluding hydrogens is 438 g/mol. The SMILES string of the molecule is COC(C)(C)C(=O)OCOC(=O)c1cccc2c1OB(O)C(NC(=O)CCC(F)(F)F)C2. The Hall–Kier alpha value is -2.80. The highest BCUT2D eigenvalue weighted by molar-refractivity contribution is 6.47. The number of carbonyl (C=O) groups is 3. The Balaban J connectivity index is 2.00. The first kappa shape index (κ1) is 25.5. The highest BCUT2D eigenvalue weighted by Crippen LogP contribution is 2.31. The van der Waals surface area contributed by atoms with Crippen molar-refractivity contribution in [3.8, 4) is 5.75 Å². The molecule has 13 heteroatoms. The van der Waals surface area contributed by atoms with Gasteiger partial charge in [0.1, 0.15) is 11.3 Å². The van der Waals surface area contributed by atoms with Crippen molar-refractivity contribution in [3.05, 3.63) is 29.3 Å². The molecule has 32 heavy (non-hydrogen) atoms. The summed E-state index contributed by atoms with van der Waals surface area (Å²) in [5.74, 6) is -3.56. The molecule has 0 spiro atoms. The van der Waals surface area contributed by atoms with Gasteiger partial charge in [0, 0.05) is 13.5 Å². The topological polar surface area (TPSA) is 120 Å². The van der Waals surface area contributed by atoms with E-state index in [2.05, 4.69) is 5.32 Å². The molecule has 176 valence electrons. The van der Waals surface area contributed by atoms with Gasteiger partial charge in [0.2, 0.25) is 12.7 Å². The van der Waals surface area contributed by atoms with Crippen LogP contribution in [0.4, 0.5) is 13.2 Å². The van der Waals surface area contributed by atoms with E-state index in [4.69, 9.17) is 18.9 Å². The van der Waals surface area contributed by atoms with Gasteiger partial charge >= 0.3 is 25.2 Å². The predicted octanol–water partition coefficient (Wildman–Crippen LogP) is 1.55. The van der Waals surface area contributed by atoms with E-state index in [0.29, 0.717) is 5.56 Å². The zero-order chi connectivity index (χ0) is 24.1. The molecule has 0 aliphatic carbocycles. The summed E-state index contributed by atoms with van der Waals surface area (Å²) in [6.07, 6.45) is -6.55. The lowest BCUT2D eigenvalue weighted by molar-refractivity contribution is -0.173. The lowest BCUT2D eigenvalue weighted by atomic mass is 9.72. The Labute approximate surface area is 182 Å². The number of para-hydroxylation sites is 1. The highest BCUT2D eigenvalue weighted by Gasteiger charge is 2.38. The highest BCUT2D eigenvalue weighted by atomic mass is 19.4. The quantitative estimate of drug-likeness (QED) is 0.340. The van der Waals surface area contributed by atoms with Gasteiger partial charge in [-0.15, -0.1) is 0 Å². The molecule has 1 aliphatic rings. The molecule has 1 atom stereocenters. The number of halogens is 3. The van der Waals surface area contributed by atoms with Gasteiger partial charge in [-0.05, 0) is 31.9 Å². The summed E-state index contributed by atoms with van der Waals surface area (Å²) in [6.45, 7) is 2.26. The average Bonchev–Trinajstić information content (AvgIpc) is 2.71. The van der Waals surface area contributed by atoms with Crippen LogP contribution < -0.4 is 9.97 Å². The number of nitrogens with one attached hydrogen (secondary N) is 1. The lowest BCUT2D eigenvalue weighted by Crippen LogP contribution is -2.53. The van der Waals surface area contributed by atoms with E-state index < -0.39 is 62.3 Å². The number of hydrogen-bond acceptors (Lipinski definition) is 8. The molecule has 0 bridgehead atoms. The molecule has 2 N–H and O–H groups in total. The van der Waals surface area contributed by atoms with Gasteiger partial charge in [-0.1, -0.05) is 12.1 Å². The van der Waals surface area contributed by atoms with Crippen LogP contribution in [0.3, 0.4) is 0 Å². The number of alkyl halides is 3. The van der Waals surface area contributed by atoms with Gasteiger partial charge in [0.15, 0.2) is 5.60 Å². The van der Waals surface area contributed by atoms with Gasteiger partial charge in [0.25, 0.3) is 0 Å². The van der Waals surface area contributed by atoms with Crippen LogP contribution in [0.1, 0.15) is 42.6 Å². The third kappa shape index (κ3) is 6.85. The summed E-state index contributed by atoms with van der Waals surface area (Å²) >= 11 is 0. The molecule has 0 radical (unpaired) electrons. The molecule has 1 heterocycles. The predicted molar refractivity (Wildman–Crippen MR) is 103 cm³/mol. The van der Waals surface area contributed by atoms with Crippen molar-refractivity contribution in [2.24, 2.45) is 0 Å². The fourth-order valence-corrected chi connectivity index (χ4v) is 2.71. The molecule has 9 nitrogen and oxygen atoms in total. The monoisotopic (exact) mass is 461 g/mol. The third-order valence-electron chi connectivity index (χ3n) is 4.70. The number of carbonyl (C=O) groups excluding carboxylic acids is 3. The van der Waals surface area contributed by atoms with Gasteiger partial charge < -0.3 is 29.2 Å². The summed E-state index contributed by atoms with van der Waals surface area (Å²) in [7, 11) is -0.287. The maximum Gasteiger partial charge on any atom is 0.547 e. The summed E-state index contributed by atoms with van der Waals surface area (Å²) in [5, 5.41) is 12.5. The summed E-state index contributed by atoms with van der Waals surface area (Å²) < 4.78 is 56.8. The minimum atomic E-state index is -4.48. The molecule has 1 aliphatic heterocycles. The van der Waals surface area contributed by atoms with Crippen molar-refractivity contribution in [2.45, 2.75) is 50.8 Å². The molecule has 0 aromatic heterocycles. The average molecular weight is 461 g/mol. The van der Waals surface area contributed by atoms with Crippen molar-refractivity contribution >= 4 is 25.0 Å². The van der Waals surface area contributed by atoms with Crippen LogP contribution in [0.15, 0.2) is 18.2 Å². The van der Waals surface area contributed by atoms with E-state index in [-0.39, 0.29) is 17.7 Å². The van der Waals surface area contributed by atoms with Crippen molar-refractivity contribution in [2.75, 3.05) is 13.9 Å². The lowest BCUT2D eigenvalue weighted by Gasteiger charge is -2.29. The van der Waals surface area contributed by atoms with Crippen LogP contribution in [-0.4, -0.2) is 61.6 Å². The molecule has 0 fully saturated rings. The number of amides is 1. The Morgan fingerprint density at radius 1 is 1.25 bits per heavy atom. The second-order valence-electron chi connectivity index (χ2n) is 7.49. The first-order valence-electron chi connectivity index (χ1n) is 9.56. The maximum atomic E-state index is 12.4. The Kier molecular flexibility index (Phi) is 8.13. The second-order valence-corrected chi connectivity index (χ2v) is 7.49. The molecular formula is C19H23BF3NO8. The van der Waals surface area contributed by atoms with E-state index >= 15 is 0 Å². The molecule has 0 saturated carbocycles. The van der Waals surface area contributed by atoms with Crippen LogP contribution >= 0.6 is 0 Å². The zero-order valence-corrected chi connectivity index (χ0v) is 17.7. The largest absolute Gasteiger partial charge is 0.547 e. The smallest absolute Gasteiger partial charge is 0.534 e. The molecule has 1 amide bonds. The molecule has 1 aromatic carbocycles. The number of benzene rings is 1. The normalized spacial score (nSPS) is 16.0. The number of fused-ring (bicyclic) bond motifs is 1. The van der Waals surface area contributed by atoms with Crippen molar-refractivity contribution < 1.29 is 51.4 Å². The Morgan fingerprint density at radius 2 is 1.94 bits per heavy atom. The zero-order valence-electron chi connectivity index (χ0n) is 17.7. The number of ether oxygens (including phenoxy) is 3. The number of hydrogen-bond donors (Lipinski definition) is 2. The van der Waals surface area contributed by atoms with Gasteiger partial charge in [-0.25, -0.2) is 9.59 Å². The minimum absolute atomic E-state index is 0.00524. The van der Waals surface area contributed by atoms with E-state index in [1.807, 2.05) is 0 Å². The van der Waals surface area contributed by atoms with Crippen LogP contribution in [0.5, 0.6) is 5.75 Å². The molecule has 0 saturated heterocycles. The fourth-order valence-electron chi connectivity index (χ4n) is 2.71. The number of esters is 2. The third-order valence-corrected chi connectivity index (χ3v) is 4.70. The number of methoxy groups -OCH3 is 1. The first-order valence-corrected chi connectivity index (χ1v) is 9.56. The summed E-state index contributed by atoms with van der Waals surface area (Å²) in [6, 6.07) is 4.42. The Bertz CT molecular complexity index is 861. The van der Waals surface area contributed by atoms with Gasteiger partial charge in [0.05, 0.1) is 12.4 Å². The number of rotatable bonds is 8. The van der Waals surface area contributed by atoms with E-state index in [1.54, 1.807) is 6.07 Å². The fraction of sp³-hybridized carbons (Fsp3) is 0.526. The second kappa shape index (κ2) is 10.2. The van der Waals surface area contributed by atoms with Crippen LogP contribution in [0.2, 0.25) is 0 Å². The maximum absolute atomic E-state index is 12.4. The standard InChI is InChI=1S/C19H23BF3NO8/c1-18(2,29-3)17(27)31-10-30-16(26)12-6-4-5-11-9-13(20(28)32-15(11)12)24-14(25)7-8-19(21,22)23/h4-6,13,28H,7-10H2,1-3H3,(H,24,25). The van der Waals surface area contributed by atoms with Crippen LogP contribution in [-0.2, 0) is 30.2 Å². The van der Waals surface area contributed by atoms with E-state index in [0.717, 1.165) is 0 Å². The first-order chi connectivity index (χ1) is 14.8. The van der Waals surface area contributed by atoms with Crippen LogP contribution in [0, 0.1) is 0 Å². The summed E-state index contributed by atoms with van der Waals surface area (Å²) in [4.78, 5) is 36.0. The minimum Gasteiger partial charge on any atom is -0.534 e. The molecule has 1 unspecified atom stereocenters. The van der Waals surface area contributed by atoms with Crippen molar-refractivity contribution in [3.63, 3.8) is 0 Å². The molecule has 2 rings (SSSR count). The van der Waals surface area contributed by atoms with Crippen molar-refractivity contribution in [1.29, 1.82) is 0 Å². The molecule has 1 aromatic rings. The van der Waals surface area contributed by atoms with Crippen LogP contribution in [0.25, 0.3) is 0 Å². The van der Waals surface area contributed by atoms with E-state index in [9.17, 15) is 32.6 Å². The van der Waals surface area contributed by atoms with E-state index in [1.165, 1.54) is 33.1 Å². The Morgan fingerprint density at radius 3 is 2.56 bits per heavy atom.